The maximum Gasteiger partial charge on any atom is 0.256 e. The van der Waals surface area contributed by atoms with E-state index in [0.717, 1.165) is 105 Å². The number of nitrogens with zero attached hydrogens (tertiary/aromatic N) is 5. The zero-order valence-corrected chi connectivity index (χ0v) is 28.9. The lowest BCUT2D eigenvalue weighted by Crippen LogP contribution is -2.46. The van der Waals surface area contributed by atoms with Crippen molar-refractivity contribution in [3.8, 4) is 27.8 Å². The standard InChI is InChI=1S/C38H44FN5O4S/c1-46-34-24-31-32(40-26-29-7-6-16-44(29)38(31)45)25-35(34)48-22-5-3-15-43-19-17-42(18-20-43)14-2-4-21-47-30-11-8-27(9-12-30)37-41-33-23-28(39)10-13-36(33)49-37/h8-13,23-26,29H,2-7,14-22H2,1H3/t29-/m0/s1. The lowest BCUT2D eigenvalue weighted by atomic mass is 10.1. The van der Waals surface area contributed by atoms with Gasteiger partial charge in [0.15, 0.2) is 11.5 Å². The van der Waals surface area contributed by atoms with Crippen LogP contribution < -0.4 is 14.2 Å². The molecule has 11 heteroatoms. The minimum Gasteiger partial charge on any atom is -0.494 e. The Labute approximate surface area is 291 Å². The van der Waals surface area contributed by atoms with E-state index in [-0.39, 0.29) is 17.8 Å². The summed E-state index contributed by atoms with van der Waals surface area (Å²) in [7, 11) is 1.61. The van der Waals surface area contributed by atoms with E-state index in [2.05, 4.69) is 19.8 Å². The van der Waals surface area contributed by atoms with Crippen molar-refractivity contribution in [1.29, 1.82) is 0 Å². The molecule has 0 spiro atoms. The Hall–Kier alpha value is -4.06. The van der Waals surface area contributed by atoms with Crippen LogP contribution in [0.25, 0.3) is 20.8 Å². The number of unbranched alkanes of at least 4 members (excludes halogenated alkanes) is 2. The van der Waals surface area contributed by atoms with Gasteiger partial charge in [-0.05, 0) is 94.1 Å². The second kappa shape index (κ2) is 15.7. The van der Waals surface area contributed by atoms with Crippen LogP contribution in [-0.2, 0) is 0 Å². The minimum absolute atomic E-state index is 0.0236. The molecule has 0 N–H and O–H groups in total. The smallest absolute Gasteiger partial charge is 0.256 e. The summed E-state index contributed by atoms with van der Waals surface area (Å²) in [6.07, 6.45) is 8.03. The Morgan fingerprint density at radius 1 is 0.857 bits per heavy atom. The van der Waals surface area contributed by atoms with Gasteiger partial charge in [-0.25, -0.2) is 9.37 Å². The summed E-state index contributed by atoms with van der Waals surface area (Å²) >= 11 is 1.57. The van der Waals surface area contributed by atoms with Crippen molar-refractivity contribution >= 4 is 39.4 Å². The molecule has 3 aliphatic heterocycles. The highest BCUT2D eigenvalue weighted by molar-refractivity contribution is 7.21. The summed E-state index contributed by atoms with van der Waals surface area (Å²) in [5.74, 6) is 1.85. The van der Waals surface area contributed by atoms with Crippen molar-refractivity contribution in [2.24, 2.45) is 4.99 Å². The Kier molecular flexibility index (Phi) is 10.7. The van der Waals surface area contributed by atoms with E-state index in [1.165, 1.54) is 12.1 Å². The van der Waals surface area contributed by atoms with E-state index in [1.807, 2.05) is 41.4 Å². The molecule has 9 nitrogen and oxygen atoms in total. The lowest BCUT2D eigenvalue weighted by molar-refractivity contribution is 0.0774. The number of aliphatic imine (C=N–C) groups is 1. The molecule has 2 fully saturated rings. The third kappa shape index (κ3) is 8.06. The molecule has 1 aromatic heterocycles. The van der Waals surface area contributed by atoms with E-state index in [4.69, 9.17) is 14.2 Å². The van der Waals surface area contributed by atoms with Gasteiger partial charge < -0.3 is 28.9 Å². The van der Waals surface area contributed by atoms with Gasteiger partial charge in [0, 0.05) is 56.6 Å². The summed E-state index contributed by atoms with van der Waals surface area (Å²) in [4.78, 5) is 29.3. The van der Waals surface area contributed by atoms with Crippen LogP contribution in [0.3, 0.4) is 0 Å². The first-order valence-corrected chi connectivity index (χ1v) is 18.3. The van der Waals surface area contributed by atoms with Crippen LogP contribution in [0.4, 0.5) is 10.1 Å². The molecule has 258 valence electrons. The number of halogens is 1. The highest BCUT2D eigenvalue weighted by atomic mass is 32.1. The number of amides is 1. The van der Waals surface area contributed by atoms with Gasteiger partial charge in [0.25, 0.3) is 5.91 Å². The van der Waals surface area contributed by atoms with E-state index < -0.39 is 0 Å². The zero-order valence-electron chi connectivity index (χ0n) is 28.1. The molecule has 0 saturated carbocycles. The second-order valence-electron chi connectivity index (χ2n) is 13.0. The first-order valence-electron chi connectivity index (χ1n) is 17.5. The van der Waals surface area contributed by atoms with Crippen LogP contribution in [0.1, 0.15) is 48.9 Å². The summed E-state index contributed by atoms with van der Waals surface area (Å²) in [5.41, 5.74) is 2.95. The van der Waals surface area contributed by atoms with Gasteiger partial charge in [0.2, 0.25) is 0 Å². The van der Waals surface area contributed by atoms with Gasteiger partial charge >= 0.3 is 0 Å². The number of benzene rings is 3. The van der Waals surface area contributed by atoms with E-state index in [9.17, 15) is 9.18 Å². The first-order chi connectivity index (χ1) is 24.0. The van der Waals surface area contributed by atoms with Gasteiger partial charge in [0.05, 0.1) is 47.8 Å². The first kappa shape index (κ1) is 33.4. The molecule has 4 heterocycles. The number of fused-ring (bicyclic) bond motifs is 3. The normalized spacial score (nSPS) is 18.0. The second-order valence-corrected chi connectivity index (χ2v) is 14.0. The molecular weight excluding hydrogens is 642 g/mol. The molecular formula is C38H44FN5O4S. The molecule has 3 aromatic carbocycles. The highest BCUT2D eigenvalue weighted by Crippen LogP contribution is 2.38. The Bertz CT molecular complexity index is 1770. The van der Waals surface area contributed by atoms with Crippen molar-refractivity contribution in [1.82, 2.24) is 19.7 Å². The molecule has 2 saturated heterocycles. The molecule has 7 rings (SSSR count). The molecule has 1 atom stereocenters. The Balaban J connectivity index is 0.761. The number of rotatable bonds is 14. The van der Waals surface area contributed by atoms with Gasteiger partial charge in [0.1, 0.15) is 16.6 Å². The summed E-state index contributed by atoms with van der Waals surface area (Å²) in [5, 5.41) is 0.884. The van der Waals surface area contributed by atoms with Gasteiger partial charge in [-0.15, -0.1) is 11.3 Å². The van der Waals surface area contributed by atoms with E-state index in [1.54, 1.807) is 30.6 Å². The maximum atomic E-state index is 13.5. The maximum absolute atomic E-state index is 13.5. The van der Waals surface area contributed by atoms with Crippen LogP contribution >= 0.6 is 11.3 Å². The number of hydrogen-bond acceptors (Lipinski definition) is 9. The molecule has 1 amide bonds. The fraction of sp³-hybridized carbons (Fsp3) is 0.447. The SMILES string of the molecule is COc1cc2c(cc1OCCCCN1CCN(CCCCOc3ccc(-c4nc5cc(F)ccc5s4)cc3)CC1)N=C[C@@H]1CCCN1C2=O. The number of ether oxygens (including phenoxy) is 3. The van der Waals surface area contributed by atoms with Crippen LogP contribution in [0.15, 0.2) is 59.6 Å². The van der Waals surface area contributed by atoms with Gasteiger partial charge in [-0.3, -0.25) is 9.79 Å². The molecule has 3 aliphatic rings. The summed E-state index contributed by atoms with van der Waals surface area (Å²) in [6.45, 7) is 8.62. The average molecular weight is 686 g/mol. The fourth-order valence-electron chi connectivity index (χ4n) is 6.82. The fourth-order valence-corrected chi connectivity index (χ4v) is 7.77. The number of hydrogen-bond donors (Lipinski definition) is 0. The van der Waals surface area contributed by atoms with Crippen LogP contribution in [-0.4, -0.2) is 104 Å². The molecule has 0 aliphatic carbocycles. The molecule has 0 radical (unpaired) electrons. The summed E-state index contributed by atoms with van der Waals surface area (Å²) in [6, 6.07) is 16.5. The molecule has 4 aromatic rings. The largest absolute Gasteiger partial charge is 0.494 e. The van der Waals surface area contributed by atoms with Crippen molar-refractivity contribution in [3.05, 3.63) is 66.0 Å². The third-order valence-electron chi connectivity index (χ3n) is 9.64. The number of piperazine rings is 1. The zero-order chi connectivity index (χ0) is 33.6. The van der Waals surface area contributed by atoms with Crippen molar-refractivity contribution in [3.63, 3.8) is 0 Å². The van der Waals surface area contributed by atoms with E-state index in [0.29, 0.717) is 41.5 Å². The van der Waals surface area contributed by atoms with Crippen molar-refractivity contribution < 1.29 is 23.4 Å². The quantitative estimate of drug-likeness (QED) is 0.132. The molecule has 49 heavy (non-hydrogen) atoms. The van der Waals surface area contributed by atoms with Crippen LogP contribution in [0, 0.1) is 5.82 Å². The third-order valence-corrected chi connectivity index (χ3v) is 10.7. The predicted molar refractivity (Wildman–Crippen MR) is 193 cm³/mol. The number of methoxy groups -OCH3 is 1. The van der Waals surface area contributed by atoms with Crippen molar-refractivity contribution in [2.45, 2.75) is 44.6 Å². The monoisotopic (exact) mass is 685 g/mol. The van der Waals surface area contributed by atoms with Crippen molar-refractivity contribution in [2.75, 3.05) is 66.1 Å². The number of aromatic nitrogens is 1. The predicted octanol–water partition coefficient (Wildman–Crippen LogP) is 7.07. The van der Waals surface area contributed by atoms with Crippen LogP contribution in [0.5, 0.6) is 17.2 Å². The lowest BCUT2D eigenvalue weighted by Gasteiger charge is -2.34. The van der Waals surface area contributed by atoms with E-state index >= 15 is 0 Å². The number of carbonyl (C=O) groups is 1. The Morgan fingerprint density at radius 2 is 1.59 bits per heavy atom. The topological polar surface area (TPSA) is 79.7 Å². The number of carbonyl (C=O) groups excluding carboxylic acids is 1. The molecule has 0 bridgehead atoms. The van der Waals surface area contributed by atoms with Gasteiger partial charge in [-0.1, -0.05) is 0 Å². The molecule has 0 unspecified atom stereocenters. The van der Waals surface area contributed by atoms with Gasteiger partial charge in [-0.2, -0.15) is 0 Å². The average Bonchev–Trinajstić information content (AvgIpc) is 3.75. The summed E-state index contributed by atoms with van der Waals surface area (Å²) < 4.78 is 32.2. The minimum atomic E-state index is -0.263. The Morgan fingerprint density at radius 3 is 2.33 bits per heavy atom. The number of thiazole rings is 1. The van der Waals surface area contributed by atoms with Crippen LogP contribution in [0.2, 0.25) is 0 Å². The highest BCUT2D eigenvalue weighted by Gasteiger charge is 2.32.